The molecule has 24 heavy (non-hydrogen) atoms. The second kappa shape index (κ2) is 8.29. The third kappa shape index (κ3) is 5.96. The number of anilines is 1. The van der Waals surface area contributed by atoms with Crippen LogP contribution in [0.1, 0.15) is 45.2 Å². The van der Waals surface area contributed by atoms with Crippen molar-refractivity contribution in [3.8, 4) is 6.07 Å². The van der Waals surface area contributed by atoms with Crippen LogP contribution in [0.3, 0.4) is 0 Å². The summed E-state index contributed by atoms with van der Waals surface area (Å²) >= 11 is 0. The Morgan fingerprint density at radius 1 is 1.46 bits per heavy atom. The molecule has 0 bridgehead atoms. The Bertz CT molecular complexity index is 637. The molecule has 0 saturated carbocycles. The van der Waals surface area contributed by atoms with Crippen LogP contribution in [0.2, 0.25) is 0 Å². The zero-order valence-corrected chi connectivity index (χ0v) is 15.0. The van der Waals surface area contributed by atoms with E-state index in [9.17, 15) is 19.6 Å². The summed E-state index contributed by atoms with van der Waals surface area (Å²) < 4.78 is 18.9. The lowest BCUT2D eigenvalue weighted by molar-refractivity contribution is 0.00265. The quantitative estimate of drug-likeness (QED) is 0.715. The first-order valence-electron chi connectivity index (χ1n) is 7.19. The summed E-state index contributed by atoms with van der Waals surface area (Å²) in [4.78, 5) is 11.4. The van der Waals surface area contributed by atoms with Gasteiger partial charge in [-0.05, 0) is 30.9 Å². The van der Waals surface area contributed by atoms with Gasteiger partial charge in [0.1, 0.15) is 17.6 Å². The average Bonchev–Trinajstić information content (AvgIpc) is 2.38. The molecule has 1 atom stereocenters. The first-order valence-corrected chi connectivity index (χ1v) is 7.19. The van der Waals surface area contributed by atoms with Crippen LogP contribution in [-0.2, 0) is 10.5 Å². The zero-order valence-electron chi connectivity index (χ0n) is 14.1. The van der Waals surface area contributed by atoms with Crippen molar-refractivity contribution in [2.24, 2.45) is 11.1 Å². The highest BCUT2D eigenvalue weighted by Crippen LogP contribution is 2.33. The molecule has 0 radical (unpaired) electrons. The minimum absolute atomic E-state index is 0. The Balaban J connectivity index is 0.00000529. The fourth-order valence-corrected chi connectivity index (χ4v) is 2.25. The number of amides is 1. The maximum absolute atomic E-state index is 14.3. The number of nitrogens with two attached hydrogens (primary N) is 1. The number of aliphatic hydroxyl groups is 1. The number of halogens is 2. The van der Waals surface area contributed by atoms with Crippen LogP contribution in [0.4, 0.5) is 14.9 Å². The van der Waals surface area contributed by atoms with Gasteiger partial charge in [-0.3, -0.25) is 11.1 Å². The van der Waals surface area contributed by atoms with Crippen LogP contribution in [0, 0.1) is 22.6 Å². The Labute approximate surface area is 147 Å². The highest BCUT2D eigenvalue weighted by molar-refractivity contribution is 5.87. The molecule has 0 saturated heterocycles. The molecule has 134 valence electrons. The molecule has 0 aliphatic rings. The number of nitrogens with zero attached hydrogens (tertiary/aromatic N) is 1. The number of hydrogen-bond donors (Lipinski definition) is 3. The Kier molecular flexibility index (Phi) is 7.64. The molecule has 0 aliphatic heterocycles. The van der Waals surface area contributed by atoms with Gasteiger partial charge in [-0.25, -0.2) is 9.18 Å². The van der Waals surface area contributed by atoms with Crippen LogP contribution in [-0.4, -0.2) is 17.8 Å². The highest BCUT2D eigenvalue weighted by Gasteiger charge is 2.31. The van der Waals surface area contributed by atoms with Crippen molar-refractivity contribution in [2.45, 2.75) is 39.8 Å². The standard InChI is InChI=1S/C16H22FN3O3.ClH/c1-5-23-14(21)20-13-10(8-18)6-11(7-12(13)17)16(19,22)9-15(2,3)4;/h6-7,22H,5,9,19H2,1-4H3,(H,20,21);1H. The number of hydrogen-bond acceptors (Lipinski definition) is 5. The lowest BCUT2D eigenvalue weighted by Crippen LogP contribution is -2.40. The van der Waals surface area contributed by atoms with E-state index in [1.165, 1.54) is 6.07 Å². The first-order chi connectivity index (χ1) is 10.5. The second-order valence-corrected chi connectivity index (χ2v) is 6.50. The molecule has 0 fully saturated rings. The summed E-state index contributed by atoms with van der Waals surface area (Å²) in [5.41, 5.74) is 3.39. The molecule has 0 spiro atoms. The molecule has 1 amide bonds. The van der Waals surface area contributed by atoms with Crippen molar-refractivity contribution in [1.29, 1.82) is 5.26 Å². The number of nitriles is 1. The monoisotopic (exact) mass is 359 g/mol. The average molecular weight is 360 g/mol. The molecular weight excluding hydrogens is 337 g/mol. The van der Waals surface area contributed by atoms with Crippen LogP contribution in [0.5, 0.6) is 0 Å². The summed E-state index contributed by atoms with van der Waals surface area (Å²) in [7, 11) is 0. The van der Waals surface area contributed by atoms with Crippen molar-refractivity contribution >= 4 is 24.2 Å². The van der Waals surface area contributed by atoms with Gasteiger partial charge < -0.3 is 9.84 Å². The highest BCUT2D eigenvalue weighted by atomic mass is 35.5. The molecule has 0 heterocycles. The molecule has 1 rings (SSSR count). The molecule has 8 heteroatoms. The van der Waals surface area contributed by atoms with Gasteiger partial charge in [0, 0.05) is 5.56 Å². The van der Waals surface area contributed by atoms with Crippen LogP contribution in [0.25, 0.3) is 0 Å². The van der Waals surface area contributed by atoms with Gasteiger partial charge in [-0.15, -0.1) is 12.4 Å². The van der Waals surface area contributed by atoms with E-state index in [-0.39, 0.29) is 47.7 Å². The van der Waals surface area contributed by atoms with Crippen molar-refractivity contribution in [1.82, 2.24) is 0 Å². The topological polar surface area (TPSA) is 108 Å². The van der Waals surface area contributed by atoms with E-state index in [4.69, 9.17) is 5.73 Å². The van der Waals surface area contributed by atoms with Crippen molar-refractivity contribution in [3.63, 3.8) is 0 Å². The Morgan fingerprint density at radius 2 is 2.04 bits per heavy atom. The Morgan fingerprint density at radius 3 is 2.50 bits per heavy atom. The van der Waals surface area contributed by atoms with Crippen LogP contribution in [0.15, 0.2) is 12.1 Å². The maximum Gasteiger partial charge on any atom is 0.411 e. The largest absolute Gasteiger partial charge is 0.450 e. The summed E-state index contributed by atoms with van der Waals surface area (Å²) in [6.45, 7) is 7.35. The number of carbonyl (C=O) groups excluding carboxylic acids is 1. The number of nitrogens with one attached hydrogen (secondary N) is 1. The summed E-state index contributed by atoms with van der Waals surface area (Å²) in [5.74, 6) is -0.870. The zero-order chi connectivity index (χ0) is 17.8. The second-order valence-electron chi connectivity index (χ2n) is 6.50. The third-order valence-electron chi connectivity index (χ3n) is 3.01. The van der Waals surface area contributed by atoms with Gasteiger partial charge in [0.2, 0.25) is 0 Å². The van der Waals surface area contributed by atoms with Gasteiger partial charge in [0.05, 0.1) is 17.9 Å². The lowest BCUT2D eigenvalue weighted by Gasteiger charge is -2.31. The number of carbonyl (C=O) groups is 1. The Hall–Kier alpha value is -1.88. The molecule has 6 nitrogen and oxygen atoms in total. The van der Waals surface area contributed by atoms with Crippen molar-refractivity contribution < 1.29 is 19.0 Å². The normalized spacial score (nSPS) is 13.2. The molecule has 0 aromatic heterocycles. The molecule has 1 unspecified atom stereocenters. The van der Waals surface area contributed by atoms with Gasteiger partial charge in [-0.2, -0.15) is 5.26 Å². The number of rotatable bonds is 4. The van der Waals surface area contributed by atoms with Crippen molar-refractivity contribution in [2.75, 3.05) is 11.9 Å². The molecule has 4 N–H and O–H groups in total. The minimum atomic E-state index is -1.80. The maximum atomic E-state index is 14.3. The van der Waals surface area contributed by atoms with E-state index in [0.29, 0.717) is 0 Å². The van der Waals surface area contributed by atoms with E-state index in [2.05, 4.69) is 10.1 Å². The number of benzene rings is 1. The van der Waals surface area contributed by atoms with Gasteiger partial charge in [0.25, 0.3) is 0 Å². The molecule has 0 aliphatic carbocycles. The third-order valence-corrected chi connectivity index (χ3v) is 3.01. The molecule has 1 aromatic rings. The van der Waals surface area contributed by atoms with Gasteiger partial charge >= 0.3 is 6.09 Å². The SMILES string of the molecule is CCOC(=O)Nc1c(F)cc(C(N)(O)CC(C)(C)C)cc1C#N.Cl. The van der Waals surface area contributed by atoms with E-state index in [1.54, 1.807) is 13.0 Å². The fourth-order valence-electron chi connectivity index (χ4n) is 2.25. The number of ether oxygens (including phenoxy) is 1. The lowest BCUT2D eigenvalue weighted by atomic mass is 9.83. The van der Waals surface area contributed by atoms with Crippen LogP contribution < -0.4 is 11.1 Å². The summed E-state index contributed by atoms with van der Waals surface area (Å²) in [6, 6.07) is 4.05. The summed E-state index contributed by atoms with van der Waals surface area (Å²) in [6.07, 6.45) is -0.706. The van der Waals surface area contributed by atoms with Crippen LogP contribution >= 0.6 is 12.4 Å². The minimum Gasteiger partial charge on any atom is -0.450 e. The van der Waals surface area contributed by atoms with Gasteiger partial charge in [-0.1, -0.05) is 20.8 Å². The van der Waals surface area contributed by atoms with E-state index < -0.39 is 17.6 Å². The van der Waals surface area contributed by atoms with Crippen molar-refractivity contribution in [3.05, 3.63) is 29.1 Å². The van der Waals surface area contributed by atoms with Gasteiger partial charge in [0.15, 0.2) is 0 Å². The molecular formula is C16H23ClFN3O3. The van der Waals surface area contributed by atoms with E-state index in [1.807, 2.05) is 20.8 Å². The van der Waals surface area contributed by atoms with E-state index >= 15 is 0 Å². The molecule has 1 aromatic carbocycles. The summed E-state index contributed by atoms with van der Waals surface area (Å²) in [5, 5.41) is 21.8. The predicted octanol–water partition coefficient (Wildman–Crippen LogP) is 3.23. The predicted molar refractivity (Wildman–Crippen MR) is 91.2 cm³/mol. The first kappa shape index (κ1) is 22.1. The smallest absolute Gasteiger partial charge is 0.411 e. The van der Waals surface area contributed by atoms with E-state index in [0.717, 1.165) is 6.07 Å². The fraction of sp³-hybridized carbons (Fsp3) is 0.500.